The number of hydrogen-bond acceptors (Lipinski definition) is 2. The second-order valence-electron chi connectivity index (χ2n) is 5.64. The topological polar surface area (TPSA) is 66.4 Å². The van der Waals surface area contributed by atoms with Gasteiger partial charge in [0.05, 0.1) is 11.8 Å². The maximum absolute atomic E-state index is 12.1. The van der Waals surface area contributed by atoms with Crippen LogP contribution in [0.25, 0.3) is 0 Å². The van der Waals surface area contributed by atoms with E-state index in [4.69, 9.17) is 5.11 Å². The molecule has 0 saturated heterocycles. The maximum atomic E-state index is 12.1. The van der Waals surface area contributed by atoms with Crippen LogP contribution >= 0.6 is 0 Å². The van der Waals surface area contributed by atoms with Crippen molar-refractivity contribution in [1.82, 2.24) is 5.32 Å². The molecule has 2 aliphatic carbocycles. The molecule has 20 heavy (non-hydrogen) atoms. The first-order valence-electron chi connectivity index (χ1n) is 7.52. The lowest BCUT2D eigenvalue weighted by Gasteiger charge is -2.24. The molecular weight excluding hydrogens is 254 g/mol. The van der Waals surface area contributed by atoms with E-state index in [9.17, 15) is 9.59 Å². The quantitative estimate of drug-likeness (QED) is 0.759. The van der Waals surface area contributed by atoms with Crippen LogP contribution in [-0.2, 0) is 9.59 Å². The van der Waals surface area contributed by atoms with E-state index in [0.29, 0.717) is 19.4 Å². The molecule has 0 aromatic carbocycles. The van der Waals surface area contributed by atoms with Gasteiger partial charge >= 0.3 is 5.97 Å². The number of carboxylic acids is 1. The number of carbonyl (C=O) groups excluding carboxylic acids is 1. The van der Waals surface area contributed by atoms with E-state index >= 15 is 0 Å². The van der Waals surface area contributed by atoms with Gasteiger partial charge in [0.1, 0.15) is 0 Å². The molecule has 2 N–H and O–H groups in total. The Morgan fingerprint density at radius 2 is 1.95 bits per heavy atom. The number of carbonyl (C=O) groups is 2. The summed E-state index contributed by atoms with van der Waals surface area (Å²) in [4.78, 5) is 23.3. The van der Waals surface area contributed by atoms with Gasteiger partial charge in [0.2, 0.25) is 5.91 Å². The van der Waals surface area contributed by atoms with Crippen molar-refractivity contribution in [3.05, 3.63) is 23.8 Å². The summed E-state index contributed by atoms with van der Waals surface area (Å²) >= 11 is 0. The lowest BCUT2D eigenvalue weighted by atomic mass is 9.82. The van der Waals surface area contributed by atoms with Crippen LogP contribution in [0.15, 0.2) is 23.8 Å². The minimum absolute atomic E-state index is 0.113. The highest BCUT2D eigenvalue weighted by Gasteiger charge is 2.33. The number of aliphatic carboxylic acids is 1. The monoisotopic (exact) mass is 277 g/mol. The normalized spacial score (nSPS) is 25.9. The average Bonchev–Trinajstić information content (AvgIpc) is 2.48. The molecule has 1 amide bonds. The van der Waals surface area contributed by atoms with Gasteiger partial charge in [-0.15, -0.1) is 0 Å². The molecule has 0 saturated carbocycles. The van der Waals surface area contributed by atoms with Crippen LogP contribution in [0, 0.1) is 11.8 Å². The Labute approximate surface area is 119 Å². The fraction of sp³-hybridized carbons (Fsp3) is 0.625. The van der Waals surface area contributed by atoms with Crippen LogP contribution in [0.4, 0.5) is 0 Å². The Balaban J connectivity index is 1.80. The molecule has 2 aliphatic rings. The van der Waals surface area contributed by atoms with Gasteiger partial charge in [0.15, 0.2) is 0 Å². The van der Waals surface area contributed by atoms with Crippen molar-refractivity contribution in [3.8, 4) is 0 Å². The minimum Gasteiger partial charge on any atom is -0.481 e. The van der Waals surface area contributed by atoms with Gasteiger partial charge in [-0.05, 0) is 44.9 Å². The molecule has 0 aromatic heterocycles. The summed E-state index contributed by atoms with van der Waals surface area (Å²) in [6, 6.07) is 0. The molecule has 4 nitrogen and oxygen atoms in total. The minimum atomic E-state index is -0.871. The summed E-state index contributed by atoms with van der Waals surface area (Å²) in [5.41, 5.74) is 1.43. The number of hydrogen-bond donors (Lipinski definition) is 2. The summed E-state index contributed by atoms with van der Waals surface area (Å²) in [6.45, 7) is 0.622. The zero-order chi connectivity index (χ0) is 14.4. The summed E-state index contributed by atoms with van der Waals surface area (Å²) in [7, 11) is 0. The second kappa shape index (κ2) is 7.27. The van der Waals surface area contributed by atoms with Gasteiger partial charge in [-0.2, -0.15) is 0 Å². The van der Waals surface area contributed by atoms with Crippen LogP contribution in [0.1, 0.15) is 44.9 Å². The van der Waals surface area contributed by atoms with Crippen molar-refractivity contribution in [2.75, 3.05) is 6.54 Å². The third kappa shape index (κ3) is 3.95. The molecule has 2 unspecified atom stereocenters. The summed E-state index contributed by atoms with van der Waals surface area (Å²) in [5, 5.41) is 12.1. The first kappa shape index (κ1) is 14.8. The third-order valence-electron chi connectivity index (χ3n) is 4.22. The largest absolute Gasteiger partial charge is 0.481 e. The zero-order valence-corrected chi connectivity index (χ0v) is 11.8. The van der Waals surface area contributed by atoms with E-state index in [1.807, 2.05) is 12.2 Å². The van der Waals surface area contributed by atoms with E-state index in [1.165, 1.54) is 18.4 Å². The van der Waals surface area contributed by atoms with Crippen molar-refractivity contribution in [3.63, 3.8) is 0 Å². The van der Waals surface area contributed by atoms with Gasteiger partial charge in [-0.1, -0.05) is 23.8 Å². The van der Waals surface area contributed by atoms with Gasteiger partial charge in [0.25, 0.3) is 0 Å². The number of rotatable bonds is 5. The van der Waals surface area contributed by atoms with E-state index in [-0.39, 0.29) is 5.91 Å². The number of amides is 1. The Bertz CT molecular complexity index is 425. The van der Waals surface area contributed by atoms with Crippen LogP contribution in [-0.4, -0.2) is 23.5 Å². The number of allylic oxidation sites excluding steroid dienone is 3. The van der Waals surface area contributed by atoms with Gasteiger partial charge in [-0.25, -0.2) is 0 Å². The first-order chi connectivity index (χ1) is 9.68. The van der Waals surface area contributed by atoms with E-state index in [2.05, 4.69) is 11.4 Å². The molecule has 0 aliphatic heterocycles. The predicted octanol–water partition coefficient (Wildman–Crippen LogP) is 2.66. The Morgan fingerprint density at radius 1 is 1.20 bits per heavy atom. The molecule has 2 rings (SSSR count). The molecule has 0 spiro atoms. The summed E-state index contributed by atoms with van der Waals surface area (Å²) in [5.74, 6) is -1.98. The van der Waals surface area contributed by atoms with Crippen LogP contribution in [0.5, 0.6) is 0 Å². The fourth-order valence-corrected chi connectivity index (χ4v) is 2.99. The highest BCUT2D eigenvalue weighted by atomic mass is 16.4. The van der Waals surface area contributed by atoms with E-state index in [1.54, 1.807) is 0 Å². The van der Waals surface area contributed by atoms with Crippen molar-refractivity contribution < 1.29 is 14.7 Å². The average molecular weight is 277 g/mol. The lowest BCUT2D eigenvalue weighted by Crippen LogP contribution is -2.39. The SMILES string of the molecule is O=C(O)C1CC=CCC1C(=O)NCCC1=CCCCC1. The molecule has 0 radical (unpaired) electrons. The molecular formula is C16H23NO3. The molecule has 0 bridgehead atoms. The molecule has 2 atom stereocenters. The molecule has 4 heteroatoms. The van der Waals surface area contributed by atoms with Crippen molar-refractivity contribution >= 4 is 11.9 Å². The van der Waals surface area contributed by atoms with Crippen molar-refractivity contribution in [2.45, 2.75) is 44.9 Å². The van der Waals surface area contributed by atoms with Crippen LogP contribution < -0.4 is 5.32 Å². The molecule has 0 aromatic rings. The van der Waals surface area contributed by atoms with Crippen molar-refractivity contribution in [2.24, 2.45) is 11.8 Å². The summed E-state index contributed by atoms with van der Waals surface area (Å²) < 4.78 is 0. The second-order valence-corrected chi connectivity index (χ2v) is 5.64. The highest BCUT2D eigenvalue weighted by Crippen LogP contribution is 2.26. The standard InChI is InChI=1S/C16H23NO3/c18-15(13-8-4-5-9-14(13)16(19)20)17-11-10-12-6-2-1-3-7-12/h4-6,13-14H,1-3,7-11H2,(H,17,18)(H,19,20). The first-order valence-corrected chi connectivity index (χ1v) is 7.52. The van der Waals surface area contributed by atoms with Gasteiger partial charge < -0.3 is 10.4 Å². The van der Waals surface area contributed by atoms with Gasteiger partial charge in [0, 0.05) is 6.54 Å². The van der Waals surface area contributed by atoms with Crippen LogP contribution in [0.3, 0.4) is 0 Å². The maximum Gasteiger partial charge on any atom is 0.307 e. The highest BCUT2D eigenvalue weighted by molar-refractivity contribution is 5.85. The molecule has 0 fully saturated rings. The Kier molecular flexibility index (Phi) is 5.39. The zero-order valence-electron chi connectivity index (χ0n) is 11.8. The van der Waals surface area contributed by atoms with E-state index < -0.39 is 17.8 Å². The van der Waals surface area contributed by atoms with Gasteiger partial charge in [-0.3, -0.25) is 9.59 Å². The fourth-order valence-electron chi connectivity index (χ4n) is 2.99. The van der Waals surface area contributed by atoms with Crippen LogP contribution in [0.2, 0.25) is 0 Å². The Morgan fingerprint density at radius 3 is 2.60 bits per heavy atom. The number of nitrogens with one attached hydrogen (secondary N) is 1. The summed E-state index contributed by atoms with van der Waals surface area (Å²) in [6.07, 6.45) is 12.7. The predicted molar refractivity (Wildman–Crippen MR) is 77.2 cm³/mol. The third-order valence-corrected chi connectivity index (χ3v) is 4.22. The number of carboxylic acid groups (broad SMARTS) is 1. The lowest BCUT2D eigenvalue weighted by molar-refractivity contribution is -0.147. The Hall–Kier alpha value is -1.58. The smallest absolute Gasteiger partial charge is 0.307 e. The van der Waals surface area contributed by atoms with E-state index in [0.717, 1.165) is 19.3 Å². The molecule has 110 valence electrons. The van der Waals surface area contributed by atoms with Crippen molar-refractivity contribution in [1.29, 1.82) is 0 Å². The molecule has 0 heterocycles.